The van der Waals surface area contributed by atoms with E-state index in [9.17, 15) is 0 Å². The van der Waals surface area contributed by atoms with Crippen molar-refractivity contribution in [2.24, 2.45) is 5.73 Å². The normalized spacial score (nSPS) is 16.1. The van der Waals surface area contributed by atoms with Crippen molar-refractivity contribution in [2.75, 3.05) is 5.73 Å². The Morgan fingerprint density at radius 1 is 1.40 bits per heavy atom. The van der Waals surface area contributed by atoms with Crippen molar-refractivity contribution < 1.29 is 0 Å². The molecule has 0 spiro atoms. The zero-order valence-corrected chi connectivity index (χ0v) is 8.48. The number of rotatable bonds is 2. The Morgan fingerprint density at radius 3 is 2.87 bits per heavy atom. The molecule has 15 heavy (non-hydrogen) atoms. The standard InChI is InChI=1S/C11H14N4/c12-6-7-1-4-9-10(5-7)15(8-2-3-8)11(13)14-9/h1,4-5,8H,2-3,6,12H2,(H2,13,14). The molecule has 0 radical (unpaired) electrons. The lowest BCUT2D eigenvalue weighted by Gasteiger charge is -2.04. The van der Waals surface area contributed by atoms with E-state index in [0.717, 1.165) is 16.6 Å². The Kier molecular flexibility index (Phi) is 1.73. The first-order valence-electron chi connectivity index (χ1n) is 5.26. The van der Waals surface area contributed by atoms with Gasteiger partial charge in [-0.2, -0.15) is 0 Å². The molecule has 4 nitrogen and oxygen atoms in total. The molecule has 1 aromatic heterocycles. The summed E-state index contributed by atoms with van der Waals surface area (Å²) in [6.45, 7) is 0.561. The number of imidazole rings is 1. The smallest absolute Gasteiger partial charge is 0.201 e. The van der Waals surface area contributed by atoms with Gasteiger partial charge in [-0.1, -0.05) is 6.07 Å². The van der Waals surface area contributed by atoms with Crippen molar-refractivity contribution in [3.05, 3.63) is 23.8 Å². The summed E-state index contributed by atoms with van der Waals surface area (Å²) in [7, 11) is 0. The average molecular weight is 202 g/mol. The highest BCUT2D eigenvalue weighted by Crippen LogP contribution is 2.39. The van der Waals surface area contributed by atoms with Gasteiger partial charge in [-0.3, -0.25) is 0 Å². The van der Waals surface area contributed by atoms with E-state index in [-0.39, 0.29) is 0 Å². The maximum atomic E-state index is 5.91. The van der Waals surface area contributed by atoms with Gasteiger partial charge >= 0.3 is 0 Å². The number of aromatic nitrogens is 2. The van der Waals surface area contributed by atoms with E-state index in [0.29, 0.717) is 18.5 Å². The number of hydrogen-bond acceptors (Lipinski definition) is 3. The van der Waals surface area contributed by atoms with Crippen LogP contribution in [-0.4, -0.2) is 9.55 Å². The fourth-order valence-electron chi connectivity index (χ4n) is 2.00. The number of hydrogen-bond donors (Lipinski definition) is 2. The molecule has 1 aliphatic carbocycles. The van der Waals surface area contributed by atoms with Crippen LogP contribution in [-0.2, 0) is 6.54 Å². The van der Waals surface area contributed by atoms with Gasteiger partial charge in [-0.05, 0) is 30.5 Å². The third-order valence-corrected chi connectivity index (χ3v) is 2.93. The summed E-state index contributed by atoms with van der Waals surface area (Å²) in [6, 6.07) is 6.65. The molecule has 1 aromatic carbocycles. The highest BCUT2D eigenvalue weighted by atomic mass is 15.2. The van der Waals surface area contributed by atoms with Crippen LogP contribution in [0.3, 0.4) is 0 Å². The van der Waals surface area contributed by atoms with Crippen molar-refractivity contribution >= 4 is 17.0 Å². The molecular formula is C11H14N4. The lowest BCUT2D eigenvalue weighted by molar-refractivity contribution is 0.778. The molecule has 1 fully saturated rings. The Labute approximate surface area is 87.9 Å². The zero-order valence-electron chi connectivity index (χ0n) is 8.48. The molecule has 1 aliphatic rings. The second-order valence-electron chi connectivity index (χ2n) is 4.10. The highest BCUT2D eigenvalue weighted by molar-refractivity contribution is 5.79. The van der Waals surface area contributed by atoms with Crippen molar-refractivity contribution in [1.29, 1.82) is 0 Å². The topological polar surface area (TPSA) is 69.9 Å². The summed E-state index contributed by atoms with van der Waals surface area (Å²) in [5, 5.41) is 0. The molecule has 4 heteroatoms. The highest BCUT2D eigenvalue weighted by Gasteiger charge is 2.27. The van der Waals surface area contributed by atoms with Crippen molar-refractivity contribution in [1.82, 2.24) is 9.55 Å². The maximum Gasteiger partial charge on any atom is 0.201 e. The summed E-state index contributed by atoms with van der Waals surface area (Å²) in [6.07, 6.45) is 2.42. The van der Waals surface area contributed by atoms with Crippen molar-refractivity contribution in [3.8, 4) is 0 Å². The fraction of sp³-hybridized carbons (Fsp3) is 0.364. The zero-order chi connectivity index (χ0) is 10.4. The Hall–Kier alpha value is -1.55. The monoisotopic (exact) mass is 202 g/mol. The van der Waals surface area contributed by atoms with Gasteiger partial charge in [-0.25, -0.2) is 4.98 Å². The number of nitrogens with two attached hydrogens (primary N) is 2. The van der Waals surface area contributed by atoms with Crippen LogP contribution in [0.25, 0.3) is 11.0 Å². The number of anilines is 1. The molecule has 0 atom stereocenters. The summed E-state index contributed by atoms with van der Waals surface area (Å²) < 4.78 is 2.13. The molecule has 0 saturated heterocycles. The lowest BCUT2D eigenvalue weighted by atomic mass is 10.2. The van der Waals surface area contributed by atoms with Crippen LogP contribution in [0.5, 0.6) is 0 Å². The number of fused-ring (bicyclic) bond motifs is 1. The predicted molar refractivity (Wildman–Crippen MR) is 60.3 cm³/mol. The second-order valence-corrected chi connectivity index (χ2v) is 4.10. The lowest BCUT2D eigenvalue weighted by Crippen LogP contribution is -2.01. The van der Waals surface area contributed by atoms with Gasteiger partial charge in [0.05, 0.1) is 11.0 Å². The third-order valence-electron chi connectivity index (χ3n) is 2.93. The molecule has 1 saturated carbocycles. The van der Waals surface area contributed by atoms with E-state index in [4.69, 9.17) is 11.5 Å². The quantitative estimate of drug-likeness (QED) is 0.773. The van der Waals surface area contributed by atoms with E-state index in [2.05, 4.69) is 15.6 Å². The Morgan fingerprint density at radius 2 is 2.20 bits per heavy atom. The van der Waals surface area contributed by atoms with Crippen LogP contribution in [0.15, 0.2) is 18.2 Å². The van der Waals surface area contributed by atoms with E-state index in [1.54, 1.807) is 0 Å². The van der Waals surface area contributed by atoms with E-state index >= 15 is 0 Å². The molecule has 78 valence electrons. The number of nitrogen functional groups attached to an aromatic ring is 1. The van der Waals surface area contributed by atoms with Crippen LogP contribution in [0.4, 0.5) is 5.95 Å². The predicted octanol–water partition coefficient (Wildman–Crippen LogP) is 1.41. The molecular weight excluding hydrogens is 188 g/mol. The van der Waals surface area contributed by atoms with Gasteiger partial charge < -0.3 is 16.0 Å². The van der Waals surface area contributed by atoms with Crippen molar-refractivity contribution in [2.45, 2.75) is 25.4 Å². The molecule has 0 bridgehead atoms. The first kappa shape index (κ1) is 8.73. The van der Waals surface area contributed by atoms with Gasteiger partial charge in [0, 0.05) is 12.6 Å². The Bertz CT molecular complexity index is 511. The van der Waals surface area contributed by atoms with Gasteiger partial charge in [-0.15, -0.1) is 0 Å². The van der Waals surface area contributed by atoms with Crippen LogP contribution < -0.4 is 11.5 Å². The summed E-state index contributed by atoms with van der Waals surface area (Å²) in [5.41, 5.74) is 14.8. The summed E-state index contributed by atoms with van der Waals surface area (Å²) in [4.78, 5) is 4.35. The minimum Gasteiger partial charge on any atom is -0.369 e. The van der Waals surface area contributed by atoms with Crippen LogP contribution in [0, 0.1) is 0 Å². The minimum absolute atomic E-state index is 0.558. The molecule has 3 rings (SSSR count). The number of nitrogens with zero attached hydrogens (tertiary/aromatic N) is 2. The largest absolute Gasteiger partial charge is 0.369 e. The molecule has 2 aromatic rings. The second kappa shape index (κ2) is 2.97. The Balaban J connectivity index is 2.26. The van der Waals surface area contributed by atoms with Gasteiger partial charge in [0.25, 0.3) is 0 Å². The summed E-state index contributed by atoms with van der Waals surface area (Å²) >= 11 is 0. The van der Waals surface area contributed by atoms with E-state index < -0.39 is 0 Å². The first-order chi connectivity index (χ1) is 7.29. The molecule has 0 unspecified atom stereocenters. The van der Waals surface area contributed by atoms with Gasteiger partial charge in [0.1, 0.15) is 0 Å². The average Bonchev–Trinajstić information content (AvgIpc) is 3.00. The van der Waals surface area contributed by atoms with Crippen LogP contribution in [0.1, 0.15) is 24.4 Å². The SMILES string of the molecule is NCc1ccc2nc(N)n(C3CC3)c2c1. The summed E-state index contributed by atoms with van der Waals surface area (Å²) in [5.74, 6) is 0.627. The molecule has 4 N–H and O–H groups in total. The molecule has 0 aliphatic heterocycles. The first-order valence-corrected chi connectivity index (χ1v) is 5.26. The fourth-order valence-corrected chi connectivity index (χ4v) is 2.00. The van der Waals surface area contributed by atoms with Crippen molar-refractivity contribution in [3.63, 3.8) is 0 Å². The van der Waals surface area contributed by atoms with E-state index in [1.165, 1.54) is 12.8 Å². The third kappa shape index (κ3) is 1.29. The number of benzene rings is 1. The van der Waals surface area contributed by atoms with Crippen LogP contribution in [0.2, 0.25) is 0 Å². The van der Waals surface area contributed by atoms with Gasteiger partial charge in [0.15, 0.2) is 0 Å². The van der Waals surface area contributed by atoms with E-state index in [1.807, 2.05) is 12.1 Å². The minimum atomic E-state index is 0.558. The maximum absolute atomic E-state index is 5.91. The van der Waals surface area contributed by atoms with Gasteiger partial charge in [0.2, 0.25) is 5.95 Å². The molecule has 1 heterocycles. The molecule has 0 amide bonds. The van der Waals surface area contributed by atoms with Crippen LogP contribution >= 0.6 is 0 Å².